The van der Waals surface area contributed by atoms with Crippen molar-refractivity contribution in [1.82, 2.24) is 0 Å². The minimum atomic E-state index is -1.25. The number of hydrogen-bond donors (Lipinski definition) is 1. The summed E-state index contributed by atoms with van der Waals surface area (Å²) in [4.78, 5) is 18.5. The van der Waals surface area contributed by atoms with E-state index < -0.39 is 5.97 Å². The number of nitriles is 1. The molecule has 1 aromatic heterocycles. The van der Waals surface area contributed by atoms with Crippen LogP contribution in [0, 0.1) is 36.0 Å². The van der Waals surface area contributed by atoms with Crippen LogP contribution < -0.4 is 14.7 Å². The molecule has 6 nitrogen and oxygen atoms in total. The fraction of sp³-hybridized carbons (Fsp3) is 0.182. The maximum Gasteiger partial charge on any atom is 2.00 e. The van der Waals surface area contributed by atoms with Gasteiger partial charge in [-0.3, -0.25) is 11.8 Å². The molecule has 0 saturated heterocycles. The summed E-state index contributed by atoms with van der Waals surface area (Å²) in [6.07, 6.45) is 24.2. The number of anilines is 9. The molecule has 0 aliphatic carbocycles. The Morgan fingerprint density at radius 2 is 0.737 bits per heavy atom. The van der Waals surface area contributed by atoms with E-state index in [-0.39, 0.29) is 26.6 Å². The molecule has 0 spiro atoms. The van der Waals surface area contributed by atoms with E-state index in [1.807, 2.05) is 48.5 Å². The van der Waals surface area contributed by atoms with Crippen LogP contribution in [-0.2, 0) is 25.9 Å². The average molecular weight is 1240 g/mol. The van der Waals surface area contributed by atoms with Crippen molar-refractivity contribution in [3.8, 4) is 17.9 Å². The molecule has 76 heavy (non-hydrogen) atoms. The van der Waals surface area contributed by atoms with E-state index in [0.717, 1.165) is 56.7 Å². The van der Waals surface area contributed by atoms with Crippen LogP contribution in [0.25, 0.3) is 6.08 Å². The number of carboxylic acids is 1. The van der Waals surface area contributed by atoms with Crippen LogP contribution in [0.3, 0.4) is 0 Å². The van der Waals surface area contributed by atoms with Crippen molar-refractivity contribution in [2.75, 3.05) is 51.7 Å². The summed E-state index contributed by atoms with van der Waals surface area (Å²) in [5.74, 6) is 3.42. The molecule has 10 heteroatoms. The van der Waals surface area contributed by atoms with Crippen molar-refractivity contribution in [3.05, 3.63) is 240 Å². The van der Waals surface area contributed by atoms with Gasteiger partial charge in [0.25, 0.3) is 0 Å². The molecule has 1 N–H and O–H groups in total. The SMILES string of the molecule is CCP(CC)CC.CCP(CC)CC.[C-]#Cc1ccc(/C=C(\C#N)C(=O)O)s1.[C-]#Cc1ccc(N(c2ccc(N(c3ccccc3)c3ccccc3)cc2)c2ccc(N(c3ccccc3)c3ccccc3)cc2)cc1.[Pt+2]. The largest absolute Gasteiger partial charge is 2.00 e. The average Bonchev–Trinajstić information content (AvgIpc) is 3.94. The predicted octanol–water partition coefficient (Wildman–Crippen LogP) is 18.8. The van der Waals surface area contributed by atoms with Crippen LogP contribution in [0.15, 0.2) is 212 Å². The Bertz CT molecular complexity index is 2840. The molecule has 0 radical (unpaired) electrons. The Kier molecular flexibility index (Phi) is 27.4. The molecule has 0 amide bonds. The molecule has 0 aliphatic rings. The first-order valence-electron chi connectivity index (χ1n) is 25.3. The molecule has 8 aromatic rings. The molecular formula is C66H66N4O2P2PtS. The zero-order valence-corrected chi connectivity index (χ0v) is 49.1. The first kappa shape index (κ1) is 61.6. The molecule has 388 valence electrons. The van der Waals surface area contributed by atoms with Crippen LogP contribution in [0.2, 0.25) is 0 Å². The van der Waals surface area contributed by atoms with Crippen LogP contribution in [0.1, 0.15) is 56.9 Å². The predicted molar refractivity (Wildman–Crippen MR) is 326 cm³/mol. The number of nitrogens with zero attached hydrogens (tertiary/aromatic N) is 4. The molecule has 0 aliphatic heterocycles. The maximum atomic E-state index is 10.5. The third kappa shape index (κ3) is 18.4. The van der Waals surface area contributed by atoms with E-state index in [9.17, 15) is 4.79 Å². The second-order valence-electron chi connectivity index (χ2n) is 16.6. The summed E-state index contributed by atoms with van der Waals surface area (Å²) >= 11 is 1.20. The zero-order valence-electron chi connectivity index (χ0n) is 44.2. The second-order valence-corrected chi connectivity index (χ2v) is 24.2. The van der Waals surface area contributed by atoms with Gasteiger partial charge in [0.2, 0.25) is 0 Å². The van der Waals surface area contributed by atoms with Gasteiger partial charge in [0.05, 0.1) is 0 Å². The van der Waals surface area contributed by atoms with Crippen LogP contribution in [-0.4, -0.2) is 48.0 Å². The van der Waals surface area contributed by atoms with Gasteiger partial charge >= 0.3 is 27.0 Å². The molecular weight excluding hydrogens is 1170 g/mol. The third-order valence-electron chi connectivity index (χ3n) is 12.1. The monoisotopic (exact) mass is 1240 g/mol. The topological polar surface area (TPSA) is 70.8 Å². The summed E-state index contributed by atoms with van der Waals surface area (Å²) in [5, 5.41) is 17.0. The fourth-order valence-corrected chi connectivity index (χ4v) is 11.4. The van der Waals surface area contributed by atoms with E-state index in [4.69, 9.17) is 23.2 Å². The fourth-order valence-electron chi connectivity index (χ4n) is 7.97. The van der Waals surface area contributed by atoms with E-state index in [1.54, 1.807) is 18.2 Å². The van der Waals surface area contributed by atoms with Gasteiger partial charge in [0, 0.05) is 56.1 Å². The molecule has 0 atom stereocenters. The van der Waals surface area contributed by atoms with Gasteiger partial charge in [-0.25, -0.2) is 16.1 Å². The standard InChI is InChI=1S/C44H32N3.C10H4NO2S.2C6H15P.Pt/c1-2-35-23-25-40(26-24-35)47(43-31-27-41(28-32-43)45(36-15-7-3-8-16-36)37-17-9-4-10-18-37)44-33-29-42(30-34-44)46(38-19-11-5-12-20-38)39-21-13-6-14-22-39;1-2-8-3-4-9(14-8)5-7(6-11)10(12)13;2*1-4-7(5-2)6-3;/h3-34H;3-5H,(H,12,13);2*4-6H2,1-3H3;/q2*-1;;;+2/b;7-5+;;;. The van der Waals surface area contributed by atoms with Crippen molar-refractivity contribution in [1.29, 1.82) is 5.26 Å². The van der Waals surface area contributed by atoms with Crippen molar-refractivity contribution >= 4 is 90.4 Å². The van der Waals surface area contributed by atoms with Gasteiger partial charge in [0.1, 0.15) is 11.6 Å². The number of rotatable bonds is 17. The molecule has 7 aromatic carbocycles. The van der Waals surface area contributed by atoms with Crippen molar-refractivity contribution in [2.45, 2.75) is 41.5 Å². The number of carbonyl (C=O) groups is 1. The van der Waals surface area contributed by atoms with Crippen molar-refractivity contribution < 1.29 is 31.0 Å². The van der Waals surface area contributed by atoms with Crippen LogP contribution in [0.5, 0.6) is 0 Å². The summed E-state index contributed by atoms with van der Waals surface area (Å²) in [6.45, 7) is 13.7. The zero-order chi connectivity index (χ0) is 53.8. The van der Waals surface area contributed by atoms with E-state index in [0.29, 0.717) is 25.6 Å². The molecule has 0 unspecified atom stereocenters. The number of para-hydroxylation sites is 4. The third-order valence-corrected chi connectivity index (χ3v) is 18.4. The maximum absolute atomic E-state index is 10.5. The quantitative estimate of drug-likeness (QED) is 0.0322. The Hall–Kier alpha value is -6.99. The van der Waals surface area contributed by atoms with Gasteiger partial charge in [-0.2, -0.15) is 5.26 Å². The van der Waals surface area contributed by atoms with E-state index >= 15 is 0 Å². The number of benzene rings is 7. The van der Waals surface area contributed by atoms with Crippen molar-refractivity contribution in [3.63, 3.8) is 0 Å². The Morgan fingerprint density at radius 3 is 0.947 bits per heavy atom. The summed E-state index contributed by atoms with van der Waals surface area (Å²) in [6, 6.07) is 71.9. The minimum Gasteiger partial charge on any atom is -0.477 e. The number of aliphatic carboxylic acids is 1. The normalized spacial score (nSPS) is 10.3. The first-order chi connectivity index (χ1) is 36.6. The number of carboxylic acid groups (broad SMARTS) is 1. The molecule has 1 heterocycles. The Labute approximate surface area is 474 Å². The van der Waals surface area contributed by atoms with E-state index in [1.165, 1.54) is 54.4 Å². The summed E-state index contributed by atoms with van der Waals surface area (Å²) < 4.78 is 0. The summed E-state index contributed by atoms with van der Waals surface area (Å²) in [7, 11) is 0.892. The van der Waals surface area contributed by atoms with Crippen molar-refractivity contribution in [2.24, 2.45) is 0 Å². The van der Waals surface area contributed by atoms with Gasteiger partial charge in [-0.05, 0) is 140 Å². The van der Waals surface area contributed by atoms with Crippen LogP contribution >= 0.6 is 27.2 Å². The van der Waals surface area contributed by atoms with Gasteiger partial charge in [0.15, 0.2) is 0 Å². The second kappa shape index (κ2) is 33.8. The van der Waals surface area contributed by atoms with Gasteiger partial charge in [-0.15, -0.1) is 39.6 Å². The molecule has 0 fully saturated rings. The van der Waals surface area contributed by atoms with E-state index in [2.05, 4.69) is 214 Å². The summed E-state index contributed by atoms with van der Waals surface area (Å²) in [5.41, 5.74) is 9.98. The molecule has 0 saturated carbocycles. The molecule has 8 rings (SSSR count). The Balaban J connectivity index is 0.000000352. The number of hydrogen-bond acceptors (Lipinski definition) is 6. The minimum absolute atomic E-state index is 0. The smallest absolute Gasteiger partial charge is 0.477 e. The van der Waals surface area contributed by atoms with Gasteiger partial charge < -0.3 is 32.7 Å². The Morgan fingerprint density at radius 1 is 0.461 bits per heavy atom. The molecule has 0 bridgehead atoms. The first-order valence-corrected chi connectivity index (χ1v) is 29.9. The van der Waals surface area contributed by atoms with Crippen LogP contribution in [0.4, 0.5) is 51.2 Å². The van der Waals surface area contributed by atoms with Gasteiger partial charge in [-0.1, -0.05) is 137 Å². The number of thiophene rings is 1.